The number of rotatable bonds is 5. The maximum atomic E-state index is 13.3. The fourth-order valence-electron chi connectivity index (χ4n) is 2.27. The molecule has 1 amide bonds. The zero-order valence-corrected chi connectivity index (χ0v) is 11.8. The standard InChI is InChI=1S/C14H20FN3O2/c1-3-16-13-12(6-11(15)7-17-13)14(19)18-9(2)10-4-5-20-8-10/h6-7,9-10H,3-5,8H2,1-2H3,(H,16,17)(H,18,19). The summed E-state index contributed by atoms with van der Waals surface area (Å²) in [6.45, 7) is 5.84. The summed E-state index contributed by atoms with van der Waals surface area (Å²) in [5.74, 6) is -0.120. The van der Waals surface area contributed by atoms with Crippen LogP contribution in [0.1, 0.15) is 30.6 Å². The van der Waals surface area contributed by atoms with Crippen LogP contribution in [-0.2, 0) is 4.74 Å². The van der Waals surface area contributed by atoms with E-state index in [0.29, 0.717) is 24.9 Å². The number of nitrogens with zero attached hydrogens (tertiary/aromatic N) is 1. The summed E-state index contributed by atoms with van der Waals surface area (Å²) >= 11 is 0. The lowest BCUT2D eigenvalue weighted by molar-refractivity contribution is 0.0922. The van der Waals surface area contributed by atoms with E-state index in [9.17, 15) is 9.18 Å². The van der Waals surface area contributed by atoms with Crippen LogP contribution in [0, 0.1) is 11.7 Å². The van der Waals surface area contributed by atoms with Gasteiger partial charge < -0.3 is 15.4 Å². The van der Waals surface area contributed by atoms with Crippen molar-refractivity contribution in [3.05, 3.63) is 23.6 Å². The van der Waals surface area contributed by atoms with Gasteiger partial charge in [-0.15, -0.1) is 0 Å². The Balaban J connectivity index is 2.09. The van der Waals surface area contributed by atoms with Gasteiger partial charge in [-0.2, -0.15) is 0 Å². The molecule has 20 heavy (non-hydrogen) atoms. The van der Waals surface area contributed by atoms with Gasteiger partial charge in [-0.25, -0.2) is 9.37 Å². The molecule has 1 aromatic heterocycles. The van der Waals surface area contributed by atoms with Gasteiger partial charge in [0.1, 0.15) is 11.6 Å². The van der Waals surface area contributed by atoms with Crippen LogP contribution in [0.15, 0.2) is 12.3 Å². The van der Waals surface area contributed by atoms with Crippen LogP contribution < -0.4 is 10.6 Å². The number of hydrogen-bond donors (Lipinski definition) is 2. The molecule has 2 N–H and O–H groups in total. The second kappa shape index (κ2) is 6.65. The third-order valence-corrected chi connectivity index (χ3v) is 3.47. The lowest BCUT2D eigenvalue weighted by atomic mass is 10.0. The topological polar surface area (TPSA) is 63.2 Å². The SMILES string of the molecule is CCNc1ncc(F)cc1C(=O)NC(C)C1CCOC1. The Morgan fingerprint density at radius 3 is 3.10 bits per heavy atom. The van der Waals surface area contributed by atoms with Gasteiger partial charge in [0.25, 0.3) is 5.91 Å². The van der Waals surface area contributed by atoms with Crippen molar-refractivity contribution < 1.29 is 13.9 Å². The van der Waals surface area contributed by atoms with Gasteiger partial charge in [-0.3, -0.25) is 4.79 Å². The molecule has 0 spiro atoms. The Bertz CT molecular complexity index is 475. The summed E-state index contributed by atoms with van der Waals surface area (Å²) in [6, 6.07) is 1.20. The number of carbonyl (C=O) groups excluding carboxylic acids is 1. The molecule has 1 aromatic rings. The van der Waals surface area contributed by atoms with Crippen LogP contribution in [0.25, 0.3) is 0 Å². The van der Waals surface area contributed by atoms with Crippen molar-refractivity contribution in [1.82, 2.24) is 10.3 Å². The molecule has 5 nitrogen and oxygen atoms in total. The average molecular weight is 281 g/mol. The van der Waals surface area contributed by atoms with Crippen molar-refractivity contribution >= 4 is 11.7 Å². The smallest absolute Gasteiger partial charge is 0.255 e. The molecule has 6 heteroatoms. The second-order valence-electron chi connectivity index (χ2n) is 4.97. The van der Waals surface area contributed by atoms with Crippen LogP contribution in [0.4, 0.5) is 10.2 Å². The number of hydrogen-bond acceptors (Lipinski definition) is 4. The summed E-state index contributed by atoms with van der Waals surface area (Å²) in [4.78, 5) is 16.2. The lowest BCUT2D eigenvalue weighted by Crippen LogP contribution is -2.38. The quantitative estimate of drug-likeness (QED) is 0.864. The molecule has 1 saturated heterocycles. The van der Waals surface area contributed by atoms with Gasteiger partial charge in [-0.1, -0.05) is 0 Å². The number of nitrogens with one attached hydrogen (secondary N) is 2. The molecule has 1 aliphatic heterocycles. The van der Waals surface area contributed by atoms with Crippen LogP contribution in [-0.4, -0.2) is 36.7 Å². The van der Waals surface area contributed by atoms with Crippen molar-refractivity contribution in [2.75, 3.05) is 25.1 Å². The maximum absolute atomic E-state index is 13.3. The fraction of sp³-hybridized carbons (Fsp3) is 0.571. The van der Waals surface area contributed by atoms with Gasteiger partial charge in [-0.05, 0) is 26.3 Å². The summed E-state index contributed by atoms with van der Waals surface area (Å²) < 4.78 is 18.6. The van der Waals surface area contributed by atoms with Crippen molar-refractivity contribution in [3.63, 3.8) is 0 Å². The number of anilines is 1. The highest BCUT2D eigenvalue weighted by atomic mass is 19.1. The first-order valence-corrected chi connectivity index (χ1v) is 6.89. The van der Waals surface area contributed by atoms with Crippen LogP contribution in [0.3, 0.4) is 0 Å². The molecule has 1 aliphatic rings. The average Bonchev–Trinajstić information content (AvgIpc) is 2.95. The van der Waals surface area contributed by atoms with E-state index >= 15 is 0 Å². The minimum Gasteiger partial charge on any atom is -0.381 e. The van der Waals surface area contributed by atoms with E-state index in [0.717, 1.165) is 19.2 Å². The normalized spacial score (nSPS) is 19.6. The number of halogens is 1. The van der Waals surface area contributed by atoms with E-state index in [-0.39, 0.29) is 17.5 Å². The molecule has 0 bridgehead atoms. The molecular weight excluding hydrogens is 261 g/mol. The largest absolute Gasteiger partial charge is 0.381 e. The second-order valence-corrected chi connectivity index (χ2v) is 4.97. The first-order valence-electron chi connectivity index (χ1n) is 6.89. The lowest BCUT2D eigenvalue weighted by Gasteiger charge is -2.20. The highest BCUT2D eigenvalue weighted by Crippen LogP contribution is 2.18. The van der Waals surface area contributed by atoms with Crippen molar-refractivity contribution in [3.8, 4) is 0 Å². The van der Waals surface area contributed by atoms with Gasteiger partial charge in [0.05, 0.1) is 18.4 Å². The monoisotopic (exact) mass is 281 g/mol. The van der Waals surface area contributed by atoms with E-state index in [1.54, 1.807) is 0 Å². The van der Waals surface area contributed by atoms with E-state index < -0.39 is 5.82 Å². The first kappa shape index (κ1) is 14.7. The molecule has 2 atom stereocenters. The van der Waals surface area contributed by atoms with Crippen LogP contribution in [0.2, 0.25) is 0 Å². The molecule has 2 unspecified atom stereocenters. The van der Waals surface area contributed by atoms with Gasteiger partial charge in [0.15, 0.2) is 0 Å². The Kier molecular flexibility index (Phi) is 4.89. The van der Waals surface area contributed by atoms with E-state index in [4.69, 9.17) is 4.74 Å². The molecule has 0 aliphatic carbocycles. The number of pyridine rings is 1. The van der Waals surface area contributed by atoms with Crippen molar-refractivity contribution in [2.45, 2.75) is 26.3 Å². The minimum absolute atomic E-state index is 0.0113. The number of carbonyl (C=O) groups is 1. The predicted octanol–water partition coefficient (Wildman–Crippen LogP) is 1.81. The third-order valence-electron chi connectivity index (χ3n) is 3.47. The van der Waals surface area contributed by atoms with Gasteiger partial charge >= 0.3 is 0 Å². The molecular formula is C14H20FN3O2. The Morgan fingerprint density at radius 2 is 2.45 bits per heavy atom. The summed E-state index contributed by atoms with van der Waals surface area (Å²) in [5.41, 5.74) is 0.234. The third kappa shape index (κ3) is 3.45. The highest BCUT2D eigenvalue weighted by molar-refractivity contribution is 5.98. The Hall–Kier alpha value is -1.69. The Labute approximate surface area is 117 Å². The molecule has 2 heterocycles. The van der Waals surface area contributed by atoms with Crippen LogP contribution >= 0.6 is 0 Å². The first-order chi connectivity index (χ1) is 9.61. The molecule has 0 saturated carbocycles. The van der Waals surface area contributed by atoms with E-state index in [1.807, 2.05) is 13.8 Å². The molecule has 0 radical (unpaired) electrons. The van der Waals surface area contributed by atoms with E-state index in [2.05, 4.69) is 15.6 Å². The molecule has 0 aromatic carbocycles. The van der Waals surface area contributed by atoms with Gasteiger partial charge in [0.2, 0.25) is 0 Å². The maximum Gasteiger partial charge on any atom is 0.255 e. The van der Waals surface area contributed by atoms with Crippen molar-refractivity contribution in [1.29, 1.82) is 0 Å². The zero-order chi connectivity index (χ0) is 14.5. The fourth-order valence-corrected chi connectivity index (χ4v) is 2.27. The van der Waals surface area contributed by atoms with Gasteiger partial charge in [0, 0.05) is 25.1 Å². The number of amides is 1. The minimum atomic E-state index is -0.520. The van der Waals surface area contributed by atoms with Crippen LogP contribution in [0.5, 0.6) is 0 Å². The highest BCUT2D eigenvalue weighted by Gasteiger charge is 2.25. The molecule has 2 rings (SSSR count). The number of ether oxygens (including phenoxy) is 1. The molecule has 110 valence electrons. The number of aromatic nitrogens is 1. The summed E-state index contributed by atoms with van der Waals surface area (Å²) in [6.07, 6.45) is 2.03. The van der Waals surface area contributed by atoms with Crippen molar-refractivity contribution in [2.24, 2.45) is 5.92 Å². The zero-order valence-electron chi connectivity index (χ0n) is 11.8. The summed E-state index contributed by atoms with van der Waals surface area (Å²) in [5, 5.41) is 5.86. The van der Waals surface area contributed by atoms with E-state index in [1.165, 1.54) is 6.07 Å². The predicted molar refractivity (Wildman–Crippen MR) is 74.2 cm³/mol. The molecule has 1 fully saturated rings. The Morgan fingerprint density at radius 1 is 1.65 bits per heavy atom. The summed E-state index contributed by atoms with van der Waals surface area (Å²) in [7, 11) is 0.